The van der Waals surface area contributed by atoms with Gasteiger partial charge in [0, 0.05) is 0 Å². The van der Waals surface area contributed by atoms with Gasteiger partial charge >= 0.3 is 0 Å². The lowest BCUT2D eigenvalue weighted by Crippen LogP contribution is -2.37. The van der Waals surface area contributed by atoms with Gasteiger partial charge in [-0.2, -0.15) is 0 Å². The number of piperidine rings is 1. The quantitative estimate of drug-likeness (QED) is 0.616. The van der Waals surface area contributed by atoms with Crippen LogP contribution in [0, 0.1) is 5.41 Å². The fraction of sp³-hybridized carbons (Fsp3) is 0.692. The molecule has 0 saturated carbocycles. The van der Waals surface area contributed by atoms with Gasteiger partial charge in [0.05, 0.1) is 0 Å². The molecule has 0 aromatic rings. The summed E-state index contributed by atoms with van der Waals surface area (Å²) < 4.78 is 0. The summed E-state index contributed by atoms with van der Waals surface area (Å²) in [7, 11) is 2.23. The first-order chi connectivity index (χ1) is 6.68. The number of likely N-dealkylation sites (tertiary alicyclic amines) is 1. The maximum absolute atomic E-state index is 3.99. The molecule has 0 bridgehead atoms. The first-order valence-electron chi connectivity index (χ1n) is 5.69. The Kier molecular flexibility index (Phi) is 2.52. The van der Waals surface area contributed by atoms with Crippen molar-refractivity contribution >= 4 is 0 Å². The minimum Gasteiger partial charge on any atom is -0.306 e. The van der Waals surface area contributed by atoms with Crippen molar-refractivity contribution in [3.05, 3.63) is 23.8 Å². The van der Waals surface area contributed by atoms with Gasteiger partial charge in [0.2, 0.25) is 0 Å². The smallest absolute Gasteiger partial charge is 0.00133 e. The number of nitrogens with zero attached hydrogens (tertiary/aromatic N) is 1. The van der Waals surface area contributed by atoms with E-state index in [0.29, 0.717) is 5.41 Å². The summed E-state index contributed by atoms with van der Waals surface area (Å²) in [6, 6.07) is 0. The molecule has 1 heterocycles. The Labute approximate surface area is 87.5 Å². The molecular weight excluding hydrogens is 170 g/mol. The molecule has 0 atom stereocenters. The second-order valence-electron chi connectivity index (χ2n) is 4.98. The highest BCUT2D eigenvalue weighted by Crippen LogP contribution is 2.50. The fourth-order valence-electron chi connectivity index (χ4n) is 3.11. The summed E-state index contributed by atoms with van der Waals surface area (Å²) in [6.07, 6.45) is 7.46. The third kappa shape index (κ3) is 1.44. The Hall–Kier alpha value is -0.560. The van der Waals surface area contributed by atoms with E-state index in [0.717, 1.165) is 0 Å². The molecule has 1 saturated heterocycles. The molecule has 1 heteroatoms. The Morgan fingerprint density at radius 1 is 1.29 bits per heavy atom. The van der Waals surface area contributed by atoms with Crippen molar-refractivity contribution < 1.29 is 0 Å². The van der Waals surface area contributed by atoms with Gasteiger partial charge < -0.3 is 4.90 Å². The molecule has 0 radical (unpaired) electrons. The lowest BCUT2D eigenvalue weighted by molar-refractivity contribution is 0.157. The van der Waals surface area contributed by atoms with E-state index >= 15 is 0 Å². The lowest BCUT2D eigenvalue weighted by atomic mass is 9.73. The molecule has 1 nitrogen and oxygen atoms in total. The number of allylic oxidation sites excluding steroid dienone is 3. The molecule has 14 heavy (non-hydrogen) atoms. The average Bonchev–Trinajstić information content (AvgIpc) is 2.49. The van der Waals surface area contributed by atoms with E-state index in [9.17, 15) is 0 Å². The molecule has 0 N–H and O–H groups in total. The minimum absolute atomic E-state index is 0.512. The van der Waals surface area contributed by atoms with E-state index in [1.807, 2.05) is 0 Å². The van der Waals surface area contributed by atoms with Crippen LogP contribution in [0.15, 0.2) is 23.8 Å². The van der Waals surface area contributed by atoms with E-state index in [2.05, 4.69) is 31.5 Å². The molecule has 0 amide bonds. The summed E-state index contributed by atoms with van der Waals surface area (Å²) >= 11 is 0. The minimum atomic E-state index is 0.512. The number of hydrogen-bond acceptors (Lipinski definition) is 1. The van der Waals surface area contributed by atoms with E-state index in [1.165, 1.54) is 38.8 Å². The summed E-state index contributed by atoms with van der Waals surface area (Å²) in [4.78, 5) is 2.44. The van der Waals surface area contributed by atoms with Crippen molar-refractivity contribution in [2.75, 3.05) is 20.1 Å². The number of hydrogen-bond donors (Lipinski definition) is 0. The van der Waals surface area contributed by atoms with Gasteiger partial charge in [-0.15, -0.1) is 0 Å². The number of rotatable bonds is 1. The van der Waals surface area contributed by atoms with E-state index < -0.39 is 0 Å². The van der Waals surface area contributed by atoms with Gasteiger partial charge in [0.15, 0.2) is 0 Å². The molecule has 0 aromatic carbocycles. The molecule has 2 aliphatic rings. The van der Waals surface area contributed by atoms with Gasteiger partial charge in [0.25, 0.3) is 0 Å². The monoisotopic (exact) mass is 191 g/mol. The summed E-state index contributed by atoms with van der Waals surface area (Å²) in [5.74, 6) is 0. The van der Waals surface area contributed by atoms with Crippen molar-refractivity contribution in [2.24, 2.45) is 5.41 Å². The molecule has 1 aliphatic carbocycles. The zero-order valence-corrected chi connectivity index (χ0v) is 9.47. The molecule has 1 fully saturated rings. The van der Waals surface area contributed by atoms with E-state index in [-0.39, 0.29) is 0 Å². The molecule has 1 spiro atoms. The van der Waals surface area contributed by atoms with Crippen LogP contribution in [0.5, 0.6) is 0 Å². The SMILES string of the molecule is C=CC1=C(C)CCC12CCN(C)CC2. The summed E-state index contributed by atoms with van der Waals surface area (Å²) in [6.45, 7) is 8.78. The Morgan fingerprint density at radius 2 is 1.93 bits per heavy atom. The van der Waals surface area contributed by atoms with Gasteiger partial charge in [-0.3, -0.25) is 0 Å². The molecular formula is C13H21N. The maximum Gasteiger partial charge on any atom is -0.00133 e. The molecule has 2 rings (SSSR count). The van der Waals surface area contributed by atoms with Crippen molar-refractivity contribution in [1.82, 2.24) is 4.90 Å². The summed E-state index contributed by atoms with van der Waals surface area (Å²) in [5, 5.41) is 0. The van der Waals surface area contributed by atoms with Crippen LogP contribution in [0.2, 0.25) is 0 Å². The zero-order valence-electron chi connectivity index (χ0n) is 9.47. The van der Waals surface area contributed by atoms with Gasteiger partial charge in [-0.25, -0.2) is 0 Å². The van der Waals surface area contributed by atoms with Gasteiger partial charge in [0.1, 0.15) is 0 Å². The Balaban J connectivity index is 2.21. The van der Waals surface area contributed by atoms with Crippen molar-refractivity contribution in [3.63, 3.8) is 0 Å². The van der Waals surface area contributed by atoms with Gasteiger partial charge in [-0.05, 0) is 63.7 Å². The van der Waals surface area contributed by atoms with E-state index in [4.69, 9.17) is 0 Å². The third-order valence-corrected chi connectivity index (χ3v) is 4.16. The first-order valence-corrected chi connectivity index (χ1v) is 5.69. The van der Waals surface area contributed by atoms with Crippen LogP contribution in [0.3, 0.4) is 0 Å². The molecule has 0 unspecified atom stereocenters. The second kappa shape index (κ2) is 3.54. The second-order valence-corrected chi connectivity index (χ2v) is 4.98. The standard InChI is InChI=1S/C13H21N/c1-4-12-11(2)5-6-13(12)7-9-14(3)10-8-13/h4H,1,5-10H2,2-3H3. The third-order valence-electron chi connectivity index (χ3n) is 4.16. The highest BCUT2D eigenvalue weighted by atomic mass is 15.1. The average molecular weight is 191 g/mol. The highest BCUT2D eigenvalue weighted by Gasteiger charge is 2.39. The van der Waals surface area contributed by atoms with E-state index in [1.54, 1.807) is 11.1 Å². The van der Waals surface area contributed by atoms with Crippen molar-refractivity contribution in [1.29, 1.82) is 0 Å². The summed E-state index contributed by atoms with van der Waals surface area (Å²) in [5.41, 5.74) is 3.67. The van der Waals surface area contributed by atoms with Crippen LogP contribution in [0.1, 0.15) is 32.6 Å². The van der Waals surface area contributed by atoms with Crippen molar-refractivity contribution in [3.8, 4) is 0 Å². The van der Waals surface area contributed by atoms with Crippen LogP contribution < -0.4 is 0 Å². The Morgan fingerprint density at radius 3 is 2.50 bits per heavy atom. The fourth-order valence-corrected chi connectivity index (χ4v) is 3.11. The lowest BCUT2D eigenvalue weighted by Gasteiger charge is -2.39. The van der Waals surface area contributed by atoms with Crippen molar-refractivity contribution in [2.45, 2.75) is 32.6 Å². The molecule has 0 aromatic heterocycles. The van der Waals surface area contributed by atoms with Crippen LogP contribution >= 0.6 is 0 Å². The van der Waals surface area contributed by atoms with Crippen LogP contribution in [-0.4, -0.2) is 25.0 Å². The Bertz CT molecular complexity index is 267. The predicted molar refractivity (Wildman–Crippen MR) is 61.3 cm³/mol. The first kappa shape index (κ1) is 9.97. The predicted octanol–water partition coefficient (Wildman–Crippen LogP) is 2.99. The molecule has 78 valence electrons. The van der Waals surface area contributed by atoms with Crippen LogP contribution in [0.25, 0.3) is 0 Å². The van der Waals surface area contributed by atoms with Crippen LogP contribution in [-0.2, 0) is 0 Å². The van der Waals surface area contributed by atoms with Gasteiger partial charge in [-0.1, -0.05) is 18.2 Å². The maximum atomic E-state index is 3.99. The highest BCUT2D eigenvalue weighted by molar-refractivity contribution is 5.35. The molecule has 1 aliphatic heterocycles. The normalized spacial score (nSPS) is 27.3. The largest absolute Gasteiger partial charge is 0.306 e. The van der Waals surface area contributed by atoms with Crippen LogP contribution in [0.4, 0.5) is 0 Å². The zero-order chi connectivity index (χ0) is 10.2. The topological polar surface area (TPSA) is 3.24 Å².